The fraction of sp³-hybridized carbons (Fsp3) is 0.333. The second kappa shape index (κ2) is 6.53. The largest absolute Gasteiger partial charge is 0.332 e. The number of hydrogen-bond donors (Lipinski definition) is 0. The molecule has 1 heterocycles. The maximum atomic E-state index is 12.9. The zero-order valence-electron chi connectivity index (χ0n) is 13.1. The van der Waals surface area contributed by atoms with Crippen molar-refractivity contribution >= 4 is 5.91 Å². The molecule has 0 saturated carbocycles. The Morgan fingerprint density at radius 1 is 1.14 bits per heavy atom. The summed E-state index contributed by atoms with van der Waals surface area (Å²) < 4.78 is 0. The van der Waals surface area contributed by atoms with Crippen molar-refractivity contribution in [3.63, 3.8) is 0 Å². The van der Waals surface area contributed by atoms with Crippen molar-refractivity contribution in [2.24, 2.45) is 0 Å². The molecule has 0 radical (unpaired) electrons. The third kappa shape index (κ3) is 3.48. The van der Waals surface area contributed by atoms with Gasteiger partial charge in [-0.1, -0.05) is 30.3 Å². The van der Waals surface area contributed by atoms with E-state index >= 15 is 0 Å². The predicted molar refractivity (Wildman–Crippen MR) is 85.2 cm³/mol. The molecule has 0 aliphatic carbocycles. The van der Waals surface area contributed by atoms with E-state index in [2.05, 4.69) is 4.98 Å². The molecule has 0 aliphatic heterocycles. The van der Waals surface area contributed by atoms with Crippen LogP contribution in [0, 0.1) is 13.8 Å². The lowest BCUT2D eigenvalue weighted by atomic mass is 10.1. The zero-order chi connectivity index (χ0) is 15.4. The van der Waals surface area contributed by atoms with Crippen molar-refractivity contribution in [2.75, 3.05) is 0 Å². The summed E-state index contributed by atoms with van der Waals surface area (Å²) in [7, 11) is 0. The first-order chi connectivity index (χ1) is 10.0. The van der Waals surface area contributed by atoms with Gasteiger partial charge in [0.25, 0.3) is 5.91 Å². The van der Waals surface area contributed by atoms with Crippen LogP contribution in [0.3, 0.4) is 0 Å². The summed E-state index contributed by atoms with van der Waals surface area (Å²) in [6.45, 7) is 8.60. The van der Waals surface area contributed by atoms with Crippen LogP contribution in [0.15, 0.2) is 42.6 Å². The highest BCUT2D eigenvalue weighted by molar-refractivity contribution is 5.95. The van der Waals surface area contributed by atoms with Gasteiger partial charge in [-0.2, -0.15) is 0 Å². The normalized spacial score (nSPS) is 10.7. The SMILES string of the molecule is Cc1nccc(C(=O)N(Cc2ccccc2)C(C)C)c1C. The molecule has 110 valence electrons. The third-order valence-electron chi connectivity index (χ3n) is 3.77. The molecule has 21 heavy (non-hydrogen) atoms. The highest BCUT2D eigenvalue weighted by Gasteiger charge is 2.21. The lowest BCUT2D eigenvalue weighted by Crippen LogP contribution is -2.36. The molecule has 0 saturated heterocycles. The Hall–Kier alpha value is -2.16. The molecule has 2 rings (SSSR count). The van der Waals surface area contributed by atoms with Gasteiger partial charge in [-0.25, -0.2) is 0 Å². The molecule has 0 bridgehead atoms. The molecule has 1 aromatic carbocycles. The first kappa shape index (κ1) is 15.2. The van der Waals surface area contributed by atoms with Gasteiger partial charge >= 0.3 is 0 Å². The minimum Gasteiger partial charge on any atom is -0.332 e. The summed E-state index contributed by atoms with van der Waals surface area (Å²) in [6.07, 6.45) is 1.70. The highest BCUT2D eigenvalue weighted by Crippen LogP contribution is 2.17. The number of amides is 1. The number of hydrogen-bond acceptors (Lipinski definition) is 2. The van der Waals surface area contributed by atoms with E-state index in [1.54, 1.807) is 6.20 Å². The number of aromatic nitrogens is 1. The molecule has 0 spiro atoms. The van der Waals surface area contributed by atoms with E-state index in [9.17, 15) is 4.79 Å². The molecule has 1 aromatic heterocycles. The van der Waals surface area contributed by atoms with E-state index in [0.29, 0.717) is 6.54 Å². The van der Waals surface area contributed by atoms with Gasteiger partial charge in [0.15, 0.2) is 0 Å². The molecule has 3 heteroatoms. The van der Waals surface area contributed by atoms with Gasteiger partial charge in [0.05, 0.1) is 0 Å². The van der Waals surface area contributed by atoms with Gasteiger partial charge < -0.3 is 4.90 Å². The average Bonchev–Trinajstić information content (AvgIpc) is 2.48. The summed E-state index contributed by atoms with van der Waals surface area (Å²) >= 11 is 0. The molecule has 0 fully saturated rings. The Morgan fingerprint density at radius 3 is 2.43 bits per heavy atom. The Kier molecular flexibility index (Phi) is 4.73. The van der Waals surface area contributed by atoms with Crippen LogP contribution in [0.2, 0.25) is 0 Å². The number of pyridine rings is 1. The van der Waals surface area contributed by atoms with Crippen LogP contribution in [-0.2, 0) is 6.54 Å². The van der Waals surface area contributed by atoms with Crippen molar-refractivity contribution in [1.82, 2.24) is 9.88 Å². The van der Waals surface area contributed by atoms with Crippen LogP contribution >= 0.6 is 0 Å². The number of benzene rings is 1. The molecular formula is C18H22N2O. The third-order valence-corrected chi connectivity index (χ3v) is 3.77. The molecule has 0 N–H and O–H groups in total. The second-order valence-corrected chi connectivity index (χ2v) is 5.58. The van der Waals surface area contributed by atoms with Gasteiger partial charge in [-0.05, 0) is 44.9 Å². The van der Waals surface area contributed by atoms with Gasteiger partial charge in [0.1, 0.15) is 0 Å². The number of nitrogens with zero attached hydrogens (tertiary/aromatic N) is 2. The summed E-state index contributed by atoms with van der Waals surface area (Å²) in [4.78, 5) is 19.0. The first-order valence-electron chi connectivity index (χ1n) is 7.27. The molecule has 2 aromatic rings. The van der Waals surface area contributed by atoms with Crippen molar-refractivity contribution in [3.8, 4) is 0 Å². The van der Waals surface area contributed by atoms with E-state index in [1.165, 1.54) is 0 Å². The van der Waals surface area contributed by atoms with Crippen molar-refractivity contribution in [1.29, 1.82) is 0 Å². The molecule has 3 nitrogen and oxygen atoms in total. The highest BCUT2D eigenvalue weighted by atomic mass is 16.2. The zero-order valence-corrected chi connectivity index (χ0v) is 13.1. The van der Waals surface area contributed by atoms with E-state index in [1.807, 2.05) is 69.0 Å². The lowest BCUT2D eigenvalue weighted by molar-refractivity contribution is 0.0689. The van der Waals surface area contributed by atoms with Gasteiger partial charge in [-0.3, -0.25) is 9.78 Å². The number of carbonyl (C=O) groups is 1. The molecule has 1 amide bonds. The minimum atomic E-state index is 0.0665. The van der Waals surface area contributed by atoms with E-state index < -0.39 is 0 Å². The smallest absolute Gasteiger partial charge is 0.254 e. The molecule has 0 aliphatic rings. The maximum absolute atomic E-state index is 12.9. The Labute approximate surface area is 126 Å². The van der Waals surface area contributed by atoms with Gasteiger partial charge in [0, 0.05) is 30.0 Å². The average molecular weight is 282 g/mol. The predicted octanol–water partition coefficient (Wildman–Crippen LogP) is 3.75. The van der Waals surface area contributed by atoms with E-state index in [4.69, 9.17) is 0 Å². The first-order valence-corrected chi connectivity index (χ1v) is 7.27. The van der Waals surface area contributed by atoms with Crippen LogP contribution < -0.4 is 0 Å². The topological polar surface area (TPSA) is 33.2 Å². The molecular weight excluding hydrogens is 260 g/mol. The fourth-order valence-corrected chi connectivity index (χ4v) is 2.30. The summed E-state index contributed by atoms with van der Waals surface area (Å²) in [5.74, 6) is 0.0665. The Morgan fingerprint density at radius 2 is 1.81 bits per heavy atom. The van der Waals surface area contributed by atoms with Crippen LogP contribution in [0.1, 0.15) is 41.0 Å². The van der Waals surface area contributed by atoms with Crippen LogP contribution in [0.4, 0.5) is 0 Å². The standard InChI is InChI=1S/C18H22N2O/c1-13(2)20(12-16-8-6-5-7-9-16)18(21)17-10-11-19-15(4)14(17)3/h5-11,13H,12H2,1-4H3. The van der Waals surface area contributed by atoms with Crippen molar-refractivity contribution < 1.29 is 4.79 Å². The second-order valence-electron chi connectivity index (χ2n) is 5.58. The van der Waals surface area contributed by atoms with Crippen LogP contribution in [-0.4, -0.2) is 21.8 Å². The lowest BCUT2D eigenvalue weighted by Gasteiger charge is -2.27. The molecule has 0 atom stereocenters. The summed E-state index contributed by atoms with van der Waals surface area (Å²) in [6, 6.07) is 12.0. The number of carbonyl (C=O) groups excluding carboxylic acids is 1. The summed E-state index contributed by atoms with van der Waals surface area (Å²) in [5.41, 5.74) is 3.75. The minimum absolute atomic E-state index is 0.0665. The van der Waals surface area contributed by atoms with Crippen LogP contribution in [0.25, 0.3) is 0 Å². The monoisotopic (exact) mass is 282 g/mol. The van der Waals surface area contributed by atoms with Gasteiger partial charge in [0.2, 0.25) is 0 Å². The quantitative estimate of drug-likeness (QED) is 0.855. The molecule has 0 unspecified atom stereocenters. The van der Waals surface area contributed by atoms with Gasteiger partial charge in [-0.15, -0.1) is 0 Å². The maximum Gasteiger partial charge on any atom is 0.254 e. The van der Waals surface area contributed by atoms with Crippen molar-refractivity contribution in [2.45, 2.75) is 40.3 Å². The fourth-order valence-electron chi connectivity index (χ4n) is 2.30. The van der Waals surface area contributed by atoms with Crippen LogP contribution in [0.5, 0.6) is 0 Å². The van der Waals surface area contributed by atoms with Crippen molar-refractivity contribution in [3.05, 3.63) is 65.0 Å². The van der Waals surface area contributed by atoms with E-state index in [0.717, 1.165) is 22.4 Å². The summed E-state index contributed by atoms with van der Waals surface area (Å²) in [5, 5.41) is 0. The number of rotatable bonds is 4. The Balaban J connectivity index is 2.30. The Bertz CT molecular complexity index is 620. The number of aryl methyl sites for hydroxylation is 1. The van der Waals surface area contributed by atoms with E-state index in [-0.39, 0.29) is 11.9 Å².